The minimum absolute atomic E-state index is 0.0967. The van der Waals surface area contributed by atoms with Gasteiger partial charge in [0, 0.05) is 24.9 Å². The van der Waals surface area contributed by atoms with Crippen molar-refractivity contribution in [3.05, 3.63) is 71.5 Å². The van der Waals surface area contributed by atoms with Crippen LogP contribution >= 0.6 is 0 Å². The summed E-state index contributed by atoms with van der Waals surface area (Å²) in [7, 11) is -1.78. The van der Waals surface area contributed by atoms with Crippen molar-refractivity contribution in [3.63, 3.8) is 0 Å². The second-order valence-corrected chi connectivity index (χ2v) is 9.06. The molecule has 0 aliphatic rings. The molecule has 10 heteroatoms. The lowest BCUT2D eigenvalue weighted by atomic mass is 9.76. The first-order valence-electron chi connectivity index (χ1n) is 12.9. The van der Waals surface area contributed by atoms with Crippen LogP contribution < -0.4 is 5.32 Å². The van der Waals surface area contributed by atoms with Crippen molar-refractivity contribution >= 4 is 30.1 Å². The standard InChI is InChI=1S/C28H34BN3O6/c1-3-32(4-2)27(33)22(18-30)13-12-20-8-7-9-21(16-20)14-15-37-28(34)31-26(29(35)36)17-23-19-38-25-11-6-5-10-24(23)25/h5-11,16,19,22,26,35-36H,3-4,12-15,17H2,1-2H3,(H,31,34)/t22?,26-/m0/s1. The summed E-state index contributed by atoms with van der Waals surface area (Å²) in [4.78, 5) is 26.5. The van der Waals surface area contributed by atoms with Gasteiger partial charge in [-0.2, -0.15) is 5.26 Å². The maximum absolute atomic E-state index is 12.5. The van der Waals surface area contributed by atoms with Gasteiger partial charge in [0.05, 0.1) is 24.9 Å². The van der Waals surface area contributed by atoms with Crippen LogP contribution in [0.25, 0.3) is 11.0 Å². The molecule has 2 atom stereocenters. The van der Waals surface area contributed by atoms with Crippen LogP contribution in [-0.2, 0) is 28.8 Å². The Morgan fingerprint density at radius 3 is 2.50 bits per heavy atom. The minimum Gasteiger partial charge on any atom is -0.464 e. The van der Waals surface area contributed by atoms with Gasteiger partial charge in [-0.15, -0.1) is 0 Å². The van der Waals surface area contributed by atoms with Gasteiger partial charge in [0.25, 0.3) is 0 Å². The number of alkyl carbamates (subject to hydrolysis) is 1. The maximum Gasteiger partial charge on any atom is 0.475 e. The molecule has 0 bridgehead atoms. The van der Waals surface area contributed by atoms with Gasteiger partial charge in [-0.1, -0.05) is 42.5 Å². The molecule has 2 amide bonds. The third kappa shape index (κ3) is 7.84. The van der Waals surface area contributed by atoms with Crippen LogP contribution in [0.2, 0.25) is 0 Å². The van der Waals surface area contributed by atoms with E-state index in [-0.39, 0.29) is 18.9 Å². The van der Waals surface area contributed by atoms with E-state index >= 15 is 0 Å². The second-order valence-electron chi connectivity index (χ2n) is 9.06. The number of nitriles is 1. The number of hydrogen-bond acceptors (Lipinski definition) is 7. The summed E-state index contributed by atoms with van der Waals surface area (Å²) in [5.41, 5.74) is 3.36. The van der Waals surface area contributed by atoms with Gasteiger partial charge in [-0.05, 0) is 55.9 Å². The van der Waals surface area contributed by atoms with Crippen molar-refractivity contribution in [2.75, 3.05) is 19.7 Å². The molecule has 2 aromatic carbocycles. The molecule has 200 valence electrons. The number of benzene rings is 2. The van der Waals surface area contributed by atoms with E-state index in [4.69, 9.17) is 9.15 Å². The van der Waals surface area contributed by atoms with Crippen molar-refractivity contribution in [1.29, 1.82) is 5.26 Å². The average Bonchev–Trinajstić information content (AvgIpc) is 3.32. The lowest BCUT2D eigenvalue weighted by Gasteiger charge is -2.21. The molecule has 9 nitrogen and oxygen atoms in total. The summed E-state index contributed by atoms with van der Waals surface area (Å²) in [5.74, 6) is -1.79. The SMILES string of the molecule is CCN(CC)C(=O)C(C#N)CCc1cccc(CCOC(=O)N[C@@H](Cc2coc3ccccc23)B(O)O)c1. The van der Waals surface area contributed by atoms with Crippen LogP contribution in [0.5, 0.6) is 0 Å². The highest BCUT2D eigenvalue weighted by Crippen LogP contribution is 2.22. The van der Waals surface area contributed by atoms with E-state index in [1.54, 1.807) is 11.2 Å². The molecule has 0 aliphatic heterocycles. The Bertz CT molecular complexity index is 1250. The van der Waals surface area contributed by atoms with Crippen molar-refractivity contribution in [3.8, 4) is 6.07 Å². The molecule has 3 N–H and O–H groups in total. The third-order valence-corrected chi connectivity index (χ3v) is 6.53. The summed E-state index contributed by atoms with van der Waals surface area (Å²) in [6.45, 7) is 5.05. The summed E-state index contributed by atoms with van der Waals surface area (Å²) in [5, 5.41) is 32.4. The van der Waals surface area contributed by atoms with Gasteiger partial charge in [-0.3, -0.25) is 4.79 Å². The number of carbonyl (C=O) groups is 2. The molecule has 0 saturated carbocycles. The predicted octanol–water partition coefficient (Wildman–Crippen LogP) is 3.27. The van der Waals surface area contributed by atoms with E-state index in [9.17, 15) is 24.9 Å². The Morgan fingerprint density at radius 1 is 1.11 bits per heavy atom. The number of ether oxygens (including phenoxy) is 1. The van der Waals surface area contributed by atoms with Crippen molar-refractivity contribution in [1.82, 2.24) is 10.2 Å². The lowest BCUT2D eigenvalue weighted by Crippen LogP contribution is -2.48. The van der Waals surface area contributed by atoms with Crippen LogP contribution in [0.1, 0.15) is 37.0 Å². The van der Waals surface area contributed by atoms with Crippen molar-refractivity contribution in [2.45, 2.75) is 45.5 Å². The topological polar surface area (TPSA) is 136 Å². The molecule has 1 aromatic heterocycles. The summed E-state index contributed by atoms with van der Waals surface area (Å²) < 4.78 is 10.8. The Kier molecular flexibility index (Phi) is 10.8. The number of amides is 2. The Morgan fingerprint density at radius 2 is 1.82 bits per heavy atom. The van der Waals surface area contributed by atoms with Gasteiger partial charge >= 0.3 is 13.2 Å². The predicted molar refractivity (Wildman–Crippen MR) is 144 cm³/mol. The molecule has 1 unspecified atom stereocenters. The fraction of sp³-hybridized carbons (Fsp3) is 0.393. The zero-order chi connectivity index (χ0) is 27.5. The average molecular weight is 519 g/mol. The number of hydrogen-bond donors (Lipinski definition) is 3. The normalized spacial score (nSPS) is 12.4. The molecule has 1 heterocycles. The van der Waals surface area contributed by atoms with Crippen molar-refractivity contribution < 1.29 is 28.8 Å². The van der Waals surface area contributed by atoms with Crippen LogP contribution in [0.4, 0.5) is 4.79 Å². The first kappa shape index (κ1) is 28.8. The third-order valence-electron chi connectivity index (χ3n) is 6.53. The maximum atomic E-state index is 12.5. The molecule has 0 spiro atoms. The Balaban J connectivity index is 1.49. The highest BCUT2D eigenvalue weighted by Gasteiger charge is 2.27. The smallest absolute Gasteiger partial charge is 0.464 e. The quantitative estimate of drug-likeness (QED) is 0.295. The van der Waals surface area contributed by atoms with Crippen LogP contribution in [0.3, 0.4) is 0 Å². The lowest BCUT2D eigenvalue weighted by molar-refractivity contribution is -0.133. The number of rotatable bonds is 13. The van der Waals surface area contributed by atoms with Crippen molar-refractivity contribution in [2.24, 2.45) is 5.92 Å². The molecule has 3 rings (SSSR count). The van der Waals surface area contributed by atoms with E-state index in [0.29, 0.717) is 37.9 Å². The Labute approximate surface area is 223 Å². The van der Waals surface area contributed by atoms with E-state index in [1.165, 1.54) is 0 Å². The van der Waals surface area contributed by atoms with E-state index < -0.39 is 25.1 Å². The number of carbonyl (C=O) groups excluding carboxylic acids is 2. The number of nitrogens with zero attached hydrogens (tertiary/aromatic N) is 2. The number of nitrogens with one attached hydrogen (secondary N) is 1. The van der Waals surface area contributed by atoms with Crippen LogP contribution in [0.15, 0.2) is 59.2 Å². The Hall–Kier alpha value is -3.81. The monoisotopic (exact) mass is 519 g/mol. The molecule has 0 fully saturated rings. The van der Waals surface area contributed by atoms with Gasteiger partial charge in [0.2, 0.25) is 5.91 Å². The molecule has 0 radical (unpaired) electrons. The van der Waals surface area contributed by atoms with E-state index in [0.717, 1.165) is 22.1 Å². The first-order valence-corrected chi connectivity index (χ1v) is 12.9. The number of furan rings is 1. The molecule has 3 aromatic rings. The molecule has 0 saturated heterocycles. The molecule has 38 heavy (non-hydrogen) atoms. The molecular weight excluding hydrogens is 485 g/mol. The van der Waals surface area contributed by atoms with Gasteiger partial charge in [-0.25, -0.2) is 4.79 Å². The van der Waals surface area contributed by atoms with Crippen LogP contribution in [0, 0.1) is 17.2 Å². The number of para-hydroxylation sites is 1. The molecule has 0 aliphatic carbocycles. The number of fused-ring (bicyclic) bond motifs is 1. The van der Waals surface area contributed by atoms with Gasteiger partial charge < -0.3 is 29.4 Å². The van der Waals surface area contributed by atoms with Gasteiger partial charge in [0.1, 0.15) is 11.5 Å². The fourth-order valence-electron chi connectivity index (χ4n) is 4.36. The van der Waals surface area contributed by atoms with E-state index in [1.807, 2.05) is 62.4 Å². The summed E-state index contributed by atoms with van der Waals surface area (Å²) in [6.07, 6.45) is 2.42. The number of aryl methyl sites for hydroxylation is 1. The first-order chi connectivity index (χ1) is 18.4. The van der Waals surface area contributed by atoms with E-state index in [2.05, 4.69) is 11.4 Å². The summed E-state index contributed by atoms with van der Waals surface area (Å²) >= 11 is 0. The highest BCUT2D eigenvalue weighted by atomic mass is 16.5. The molecular formula is C28H34BN3O6. The second kappa shape index (κ2) is 14.2. The highest BCUT2D eigenvalue weighted by molar-refractivity contribution is 6.43. The van der Waals surface area contributed by atoms with Gasteiger partial charge in [0.15, 0.2) is 0 Å². The summed E-state index contributed by atoms with van der Waals surface area (Å²) in [6, 6.07) is 17.2. The van der Waals surface area contributed by atoms with Crippen LogP contribution in [-0.4, -0.2) is 59.7 Å². The minimum atomic E-state index is -1.78. The largest absolute Gasteiger partial charge is 0.475 e. The fourth-order valence-corrected chi connectivity index (χ4v) is 4.36. The zero-order valence-corrected chi connectivity index (χ0v) is 21.8. The zero-order valence-electron chi connectivity index (χ0n) is 21.8.